The Bertz CT molecular complexity index is 114. The maximum absolute atomic E-state index is 8.69. The minimum atomic E-state index is 0.177. The van der Waals surface area contributed by atoms with Gasteiger partial charge in [-0.1, -0.05) is 39.0 Å². The van der Waals surface area contributed by atoms with Crippen molar-refractivity contribution in [2.75, 3.05) is 6.61 Å². The molecule has 1 heterocycles. The first-order valence-corrected chi connectivity index (χ1v) is 5.14. The quantitative estimate of drug-likeness (QED) is 0.471. The van der Waals surface area contributed by atoms with Gasteiger partial charge in [-0.15, -0.1) is 0 Å². The average Bonchev–Trinajstić information content (AvgIpc) is 2.83. The number of unbranched alkanes of at least 4 members (excludes halogenated alkanes) is 4. The van der Waals surface area contributed by atoms with Crippen molar-refractivity contribution >= 4 is 0 Å². The summed E-state index contributed by atoms with van der Waals surface area (Å²) in [6.07, 6.45) is 8.32. The van der Waals surface area contributed by atoms with Gasteiger partial charge in [-0.05, 0) is 6.42 Å². The molecule has 0 aliphatic carbocycles. The van der Waals surface area contributed by atoms with E-state index in [1.165, 1.54) is 32.1 Å². The Morgan fingerprint density at radius 2 is 1.83 bits per heavy atom. The van der Waals surface area contributed by atoms with Gasteiger partial charge >= 0.3 is 0 Å². The molecule has 12 heavy (non-hydrogen) atoms. The van der Waals surface area contributed by atoms with Crippen LogP contribution in [0.2, 0.25) is 0 Å². The van der Waals surface area contributed by atoms with Crippen molar-refractivity contribution in [1.82, 2.24) is 0 Å². The van der Waals surface area contributed by atoms with Crippen LogP contribution in [0, 0.1) is 0 Å². The van der Waals surface area contributed by atoms with E-state index in [0.717, 1.165) is 6.42 Å². The molecule has 0 bridgehead atoms. The molecule has 0 aromatic rings. The summed E-state index contributed by atoms with van der Waals surface area (Å²) >= 11 is 0. The van der Waals surface area contributed by atoms with Gasteiger partial charge in [-0.3, -0.25) is 0 Å². The molecule has 0 spiro atoms. The molecular formula is C10H20O2. The van der Waals surface area contributed by atoms with Gasteiger partial charge in [-0.25, -0.2) is 0 Å². The van der Waals surface area contributed by atoms with Gasteiger partial charge in [0.05, 0.1) is 12.7 Å². The van der Waals surface area contributed by atoms with E-state index >= 15 is 0 Å². The third-order valence-electron chi connectivity index (χ3n) is 2.46. The van der Waals surface area contributed by atoms with Gasteiger partial charge in [0.25, 0.3) is 0 Å². The van der Waals surface area contributed by atoms with E-state index in [2.05, 4.69) is 6.92 Å². The monoisotopic (exact) mass is 172 g/mol. The Balaban J connectivity index is 1.78. The van der Waals surface area contributed by atoms with Gasteiger partial charge in [0.15, 0.2) is 0 Å². The number of aliphatic hydroxyl groups is 1. The van der Waals surface area contributed by atoms with Crippen LogP contribution in [0.4, 0.5) is 0 Å². The van der Waals surface area contributed by atoms with E-state index in [1.807, 2.05) is 0 Å². The first kappa shape index (κ1) is 10.0. The third kappa shape index (κ3) is 3.55. The molecule has 1 rings (SSSR count). The largest absolute Gasteiger partial charge is 0.394 e. The molecule has 1 N–H and O–H groups in total. The summed E-state index contributed by atoms with van der Waals surface area (Å²) in [7, 11) is 0. The molecule has 0 saturated carbocycles. The molecule has 0 amide bonds. The molecule has 1 fully saturated rings. The van der Waals surface area contributed by atoms with Crippen molar-refractivity contribution in [1.29, 1.82) is 0 Å². The summed E-state index contributed by atoms with van der Waals surface area (Å²) in [5.41, 5.74) is 0. The highest BCUT2D eigenvalue weighted by Gasteiger charge is 2.36. The van der Waals surface area contributed by atoms with Crippen molar-refractivity contribution in [3.63, 3.8) is 0 Å². The first-order chi connectivity index (χ1) is 5.88. The summed E-state index contributed by atoms with van der Waals surface area (Å²) in [6, 6.07) is 0. The summed E-state index contributed by atoms with van der Waals surface area (Å²) < 4.78 is 5.22. The van der Waals surface area contributed by atoms with Crippen molar-refractivity contribution in [2.24, 2.45) is 0 Å². The smallest absolute Gasteiger partial charge is 0.107 e. The van der Waals surface area contributed by atoms with Crippen molar-refractivity contribution in [3.05, 3.63) is 0 Å². The highest BCUT2D eigenvalue weighted by atomic mass is 16.6. The van der Waals surface area contributed by atoms with Crippen molar-refractivity contribution in [3.8, 4) is 0 Å². The van der Waals surface area contributed by atoms with Gasteiger partial charge in [0.2, 0.25) is 0 Å². The van der Waals surface area contributed by atoms with E-state index in [9.17, 15) is 0 Å². The van der Waals surface area contributed by atoms with Crippen molar-refractivity contribution in [2.45, 2.75) is 57.7 Å². The molecule has 0 aromatic heterocycles. The van der Waals surface area contributed by atoms with Crippen LogP contribution in [0.25, 0.3) is 0 Å². The van der Waals surface area contributed by atoms with E-state index in [0.29, 0.717) is 6.10 Å². The molecule has 2 atom stereocenters. The Labute approximate surface area is 74.9 Å². The number of ether oxygens (including phenoxy) is 1. The van der Waals surface area contributed by atoms with Gasteiger partial charge < -0.3 is 9.84 Å². The number of epoxide rings is 1. The fourth-order valence-electron chi connectivity index (χ4n) is 1.54. The molecule has 2 unspecified atom stereocenters. The molecule has 0 radical (unpaired) electrons. The van der Waals surface area contributed by atoms with Gasteiger partial charge in [0, 0.05) is 0 Å². The van der Waals surface area contributed by atoms with Crippen LogP contribution in [0.5, 0.6) is 0 Å². The molecule has 2 heteroatoms. The summed E-state index contributed by atoms with van der Waals surface area (Å²) in [5.74, 6) is 0. The molecular weight excluding hydrogens is 152 g/mol. The standard InChI is InChI=1S/C10H20O2/c1-2-3-4-5-6-7-9-10(8-11)12-9/h9-11H,2-8H2,1H3. The minimum Gasteiger partial charge on any atom is -0.394 e. The summed E-state index contributed by atoms with van der Waals surface area (Å²) in [6.45, 7) is 2.44. The van der Waals surface area contributed by atoms with Crippen LogP contribution in [-0.4, -0.2) is 23.9 Å². The Morgan fingerprint density at radius 1 is 1.08 bits per heavy atom. The number of rotatable bonds is 7. The van der Waals surface area contributed by atoms with E-state index in [4.69, 9.17) is 9.84 Å². The number of hydrogen-bond acceptors (Lipinski definition) is 2. The fraction of sp³-hybridized carbons (Fsp3) is 1.00. The lowest BCUT2D eigenvalue weighted by molar-refractivity contribution is 0.241. The zero-order chi connectivity index (χ0) is 8.81. The third-order valence-corrected chi connectivity index (χ3v) is 2.46. The molecule has 72 valence electrons. The normalized spacial score (nSPS) is 27.5. The van der Waals surface area contributed by atoms with Crippen molar-refractivity contribution < 1.29 is 9.84 Å². The SMILES string of the molecule is CCCCCCCC1OC1CO. The lowest BCUT2D eigenvalue weighted by atomic mass is 10.1. The molecule has 1 aliphatic heterocycles. The average molecular weight is 172 g/mol. The highest BCUT2D eigenvalue weighted by Crippen LogP contribution is 2.26. The predicted molar refractivity (Wildman–Crippen MR) is 49.1 cm³/mol. The predicted octanol–water partition coefficient (Wildman–Crippen LogP) is 2.11. The molecule has 1 saturated heterocycles. The van der Waals surface area contributed by atoms with E-state index in [1.54, 1.807) is 0 Å². The van der Waals surface area contributed by atoms with Crippen LogP contribution in [-0.2, 0) is 4.74 Å². The maximum Gasteiger partial charge on any atom is 0.107 e. The van der Waals surface area contributed by atoms with Gasteiger partial charge in [0.1, 0.15) is 6.10 Å². The lowest BCUT2D eigenvalue weighted by Crippen LogP contribution is -1.98. The second-order valence-corrected chi connectivity index (χ2v) is 3.60. The van der Waals surface area contributed by atoms with Crippen LogP contribution >= 0.6 is 0 Å². The lowest BCUT2D eigenvalue weighted by Gasteiger charge is -1.96. The Kier molecular flexibility index (Phi) is 4.62. The van der Waals surface area contributed by atoms with Crippen LogP contribution in [0.15, 0.2) is 0 Å². The van der Waals surface area contributed by atoms with E-state index in [-0.39, 0.29) is 12.7 Å². The van der Waals surface area contributed by atoms with Crippen LogP contribution < -0.4 is 0 Å². The minimum absolute atomic E-state index is 0.177. The summed E-state index contributed by atoms with van der Waals surface area (Å²) in [5, 5.41) is 8.69. The highest BCUT2D eigenvalue weighted by molar-refractivity contribution is 4.83. The molecule has 2 nitrogen and oxygen atoms in total. The zero-order valence-electron chi connectivity index (χ0n) is 7.96. The zero-order valence-corrected chi connectivity index (χ0v) is 7.96. The Morgan fingerprint density at radius 3 is 2.42 bits per heavy atom. The van der Waals surface area contributed by atoms with Gasteiger partial charge in [-0.2, -0.15) is 0 Å². The van der Waals surface area contributed by atoms with Crippen LogP contribution in [0.1, 0.15) is 45.4 Å². The second kappa shape index (κ2) is 5.55. The topological polar surface area (TPSA) is 32.8 Å². The van der Waals surface area contributed by atoms with Crippen LogP contribution in [0.3, 0.4) is 0 Å². The Hall–Kier alpha value is -0.0800. The molecule has 0 aromatic carbocycles. The second-order valence-electron chi connectivity index (χ2n) is 3.60. The molecule has 1 aliphatic rings. The maximum atomic E-state index is 8.69. The fourth-order valence-corrected chi connectivity index (χ4v) is 1.54. The number of aliphatic hydroxyl groups excluding tert-OH is 1. The number of hydrogen-bond donors (Lipinski definition) is 1. The first-order valence-electron chi connectivity index (χ1n) is 5.14. The van der Waals surface area contributed by atoms with E-state index < -0.39 is 0 Å². The summed E-state index contributed by atoms with van der Waals surface area (Å²) in [4.78, 5) is 0.